The van der Waals surface area contributed by atoms with Crippen LogP contribution in [-0.4, -0.2) is 10.9 Å². The van der Waals surface area contributed by atoms with Gasteiger partial charge >= 0.3 is 0 Å². The first-order valence-corrected chi connectivity index (χ1v) is 8.30. The fourth-order valence-corrected chi connectivity index (χ4v) is 2.90. The molecule has 2 N–H and O–H groups in total. The SMILES string of the molecule is Cc1ccccc1NC(=O)Cc1csc(Nc2ccc(F)cc2)n1. The molecule has 6 heteroatoms. The van der Waals surface area contributed by atoms with Crippen LogP contribution in [0.3, 0.4) is 0 Å². The minimum atomic E-state index is -0.284. The Hall–Kier alpha value is -2.73. The van der Waals surface area contributed by atoms with Gasteiger partial charge in [-0.2, -0.15) is 0 Å². The Morgan fingerprint density at radius 3 is 2.67 bits per heavy atom. The second-order valence-corrected chi connectivity index (χ2v) is 6.17. The molecule has 0 spiro atoms. The van der Waals surface area contributed by atoms with Crippen LogP contribution in [0.1, 0.15) is 11.3 Å². The van der Waals surface area contributed by atoms with Gasteiger partial charge in [-0.25, -0.2) is 9.37 Å². The molecular formula is C18H16FN3OS. The van der Waals surface area contributed by atoms with E-state index in [2.05, 4.69) is 15.6 Å². The van der Waals surface area contributed by atoms with Crippen LogP contribution in [0.5, 0.6) is 0 Å². The molecule has 3 rings (SSSR count). The highest BCUT2D eigenvalue weighted by atomic mass is 32.1. The molecule has 0 bridgehead atoms. The minimum Gasteiger partial charge on any atom is -0.332 e. The van der Waals surface area contributed by atoms with E-state index in [0.717, 1.165) is 16.9 Å². The van der Waals surface area contributed by atoms with E-state index in [9.17, 15) is 9.18 Å². The molecule has 0 radical (unpaired) electrons. The quantitative estimate of drug-likeness (QED) is 0.717. The number of nitrogens with one attached hydrogen (secondary N) is 2. The lowest BCUT2D eigenvalue weighted by Gasteiger charge is -2.06. The summed E-state index contributed by atoms with van der Waals surface area (Å²) in [5.74, 6) is -0.392. The molecule has 0 saturated heterocycles. The van der Waals surface area contributed by atoms with Crippen molar-refractivity contribution in [2.24, 2.45) is 0 Å². The number of benzene rings is 2. The summed E-state index contributed by atoms with van der Waals surface area (Å²) in [5.41, 5.74) is 3.27. The Labute approximate surface area is 143 Å². The molecule has 1 aromatic heterocycles. The van der Waals surface area contributed by atoms with Crippen LogP contribution in [0.25, 0.3) is 0 Å². The van der Waals surface area contributed by atoms with Crippen LogP contribution in [0.4, 0.5) is 20.9 Å². The lowest BCUT2D eigenvalue weighted by atomic mass is 10.2. The predicted octanol–water partition coefficient (Wildman–Crippen LogP) is 4.52. The van der Waals surface area contributed by atoms with Gasteiger partial charge in [-0.1, -0.05) is 18.2 Å². The number of hydrogen-bond donors (Lipinski definition) is 2. The number of para-hydroxylation sites is 1. The third kappa shape index (κ3) is 4.17. The third-order valence-corrected chi connectivity index (χ3v) is 4.21. The molecule has 0 aliphatic rings. The summed E-state index contributed by atoms with van der Waals surface area (Å²) in [4.78, 5) is 16.5. The van der Waals surface area contributed by atoms with Crippen molar-refractivity contribution in [2.75, 3.05) is 10.6 Å². The van der Waals surface area contributed by atoms with Gasteiger partial charge in [0.2, 0.25) is 5.91 Å². The van der Waals surface area contributed by atoms with Crippen molar-refractivity contribution >= 4 is 33.8 Å². The third-order valence-electron chi connectivity index (χ3n) is 3.41. The van der Waals surface area contributed by atoms with Crippen molar-refractivity contribution in [3.05, 3.63) is 71.0 Å². The highest BCUT2D eigenvalue weighted by Crippen LogP contribution is 2.22. The smallest absolute Gasteiger partial charge is 0.230 e. The zero-order valence-electron chi connectivity index (χ0n) is 13.0. The van der Waals surface area contributed by atoms with Crippen LogP contribution in [0.15, 0.2) is 53.9 Å². The number of carbonyl (C=O) groups excluding carboxylic acids is 1. The average molecular weight is 341 g/mol. The summed E-state index contributed by atoms with van der Waals surface area (Å²) < 4.78 is 12.9. The Morgan fingerprint density at radius 2 is 1.92 bits per heavy atom. The molecule has 0 aliphatic carbocycles. The van der Waals surface area contributed by atoms with Gasteiger partial charge in [-0.05, 0) is 42.8 Å². The largest absolute Gasteiger partial charge is 0.332 e. The zero-order valence-corrected chi connectivity index (χ0v) is 13.9. The Kier molecular flexibility index (Phi) is 4.86. The maximum atomic E-state index is 12.9. The van der Waals surface area contributed by atoms with Crippen molar-refractivity contribution in [3.8, 4) is 0 Å². The molecule has 0 unspecified atom stereocenters. The molecule has 0 aliphatic heterocycles. The molecule has 2 aromatic carbocycles. The van der Waals surface area contributed by atoms with Gasteiger partial charge in [-0.15, -0.1) is 11.3 Å². The Morgan fingerprint density at radius 1 is 1.17 bits per heavy atom. The van der Waals surface area contributed by atoms with Gasteiger partial charge in [0.05, 0.1) is 12.1 Å². The van der Waals surface area contributed by atoms with Crippen LogP contribution >= 0.6 is 11.3 Å². The van der Waals surface area contributed by atoms with Gasteiger partial charge in [0.15, 0.2) is 5.13 Å². The van der Waals surface area contributed by atoms with E-state index in [1.807, 2.05) is 36.6 Å². The number of hydrogen-bond acceptors (Lipinski definition) is 4. The molecule has 4 nitrogen and oxygen atoms in total. The highest BCUT2D eigenvalue weighted by molar-refractivity contribution is 7.13. The first-order chi connectivity index (χ1) is 11.6. The zero-order chi connectivity index (χ0) is 16.9. The fraction of sp³-hybridized carbons (Fsp3) is 0.111. The monoisotopic (exact) mass is 341 g/mol. The van der Waals surface area contributed by atoms with Crippen molar-refractivity contribution in [2.45, 2.75) is 13.3 Å². The van der Waals surface area contributed by atoms with E-state index in [1.54, 1.807) is 12.1 Å². The second-order valence-electron chi connectivity index (χ2n) is 5.32. The van der Waals surface area contributed by atoms with Gasteiger partial charge in [0.25, 0.3) is 0 Å². The molecule has 1 heterocycles. The maximum Gasteiger partial charge on any atom is 0.230 e. The fourth-order valence-electron chi connectivity index (χ4n) is 2.17. The topological polar surface area (TPSA) is 54.0 Å². The number of carbonyl (C=O) groups is 1. The molecule has 0 saturated carbocycles. The number of rotatable bonds is 5. The summed E-state index contributed by atoms with van der Waals surface area (Å²) >= 11 is 1.40. The Bertz CT molecular complexity index is 845. The number of aryl methyl sites for hydroxylation is 1. The lowest BCUT2D eigenvalue weighted by Crippen LogP contribution is -2.15. The molecule has 0 atom stereocenters. The molecule has 0 fully saturated rings. The van der Waals surface area contributed by atoms with Crippen LogP contribution in [0.2, 0.25) is 0 Å². The first-order valence-electron chi connectivity index (χ1n) is 7.42. The van der Waals surface area contributed by atoms with Crippen molar-refractivity contribution < 1.29 is 9.18 Å². The van der Waals surface area contributed by atoms with Gasteiger partial charge in [-0.3, -0.25) is 4.79 Å². The number of halogens is 1. The summed E-state index contributed by atoms with van der Waals surface area (Å²) in [6.07, 6.45) is 0.204. The van der Waals surface area contributed by atoms with Crippen LogP contribution < -0.4 is 10.6 Å². The van der Waals surface area contributed by atoms with Gasteiger partial charge in [0.1, 0.15) is 5.82 Å². The van der Waals surface area contributed by atoms with E-state index in [0.29, 0.717) is 10.8 Å². The van der Waals surface area contributed by atoms with Crippen LogP contribution in [0, 0.1) is 12.7 Å². The first kappa shape index (κ1) is 16.1. The Balaban J connectivity index is 1.60. The summed E-state index contributed by atoms with van der Waals surface area (Å²) in [7, 11) is 0. The molecule has 1 amide bonds. The number of anilines is 3. The predicted molar refractivity (Wildman–Crippen MR) is 95.3 cm³/mol. The summed E-state index contributed by atoms with van der Waals surface area (Å²) in [6.45, 7) is 1.95. The van der Waals surface area contributed by atoms with Gasteiger partial charge < -0.3 is 10.6 Å². The molecular weight excluding hydrogens is 325 g/mol. The van der Waals surface area contributed by atoms with E-state index in [-0.39, 0.29) is 18.1 Å². The summed E-state index contributed by atoms with van der Waals surface area (Å²) in [6, 6.07) is 13.7. The normalized spacial score (nSPS) is 10.4. The van der Waals surface area contributed by atoms with E-state index in [4.69, 9.17) is 0 Å². The van der Waals surface area contributed by atoms with Crippen LogP contribution in [-0.2, 0) is 11.2 Å². The standard InChI is InChI=1S/C18H16FN3OS/c1-12-4-2-3-5-16(12)22-17(23)10-15-11-24-18(21-15)20-14-8-6-13(19)7-9-14/h2-9,11H,10H2,1H3,(H,20,21)(H,22,23). The number of thiazole rings is 1. The number of aromatic nitrogens is 1. The summed E-state index contributed by atoms with van der Waals surface area (Å²) in [5, 5.41) is 8.48. The van der Waals surface area contributed by atoms with E-state index < -0.39 is 0 Å². The van der Waals surface area contributed by atoms with Crippen molar-refractivity contribution in [1.82, 2.24) is 4.98 Å². The molecule has 122 valence electrons. The highest BCUT2D eigenvalue weighted by Gasteiger charge is 2.09. The molecule has 3 aromatic rings. The van der Waals surface area contributed by atoms with E-state index in [1.165, 1.54) is 23.5 Å². The number of nitrogens with zero attached hydrogens (tertiary/aromatic N) is 1. The lowest BCUT2D eigenvalue weighted by molar-refractivity contribution is -0.115. The molecule has 24 heavy (non-hydrogen) atoms. The van der Waals surface area contributed by atoms with Gasteiger partial charge in [0, 0.05) is 16.8 Å². The number of amides is 1. The second kappa shape index (κ2) is 7.23. The minimum absolute atomic E-state index is 0.108. The average Bonchev–Trinajstić information content (AvgIpc) is 2.99. The van der Waals surface area contributed by atoms with E-state index >= 15 is 0 Å². The maximum absolute atomic E-state index is 12.9. The van der Waals surface area contributed by atoms with Crippen molar-refractivity contribution in [1.29, 1.82) is 0 Å². The van der Waals surface area contributed by atoms with Crippen molar-refractivity contribution in [3.63, 3.8) is 0 Å².